The van der Waals surface area contributed by atoms with Crippen molar-refractivity contribution in [2.75, 3.05) is 20.3 Å². The Morgan fingerprint density at radius 3 is 2.07 bits per heavy atom. The van der Waals surface area contributed by atoms with Crippen molar-refractivity contribution in [2.45, 2.75) is 20.0 Å². The summed E-state index contributed by atoms with van der Waals surface area (Å²) >= 11 is 0. The van der Waals surface area contributed by atoms with E-state index in [4.69, 9.17) is 14.2 Å². The lowest BCUT2D eigenvalue weighted by Crippen LogP contribution is -2.37. The summed E-state index contributed by atoms with van der Waals surface area (Å²) in [6, 6.07) is 13.9. The van der Waals surface area contributed by atoms with Crippen molar-refractivity contribution in [1.29, 1.82) is 0 Å². The fourth-order valence-corrected chi connectivity index (χ4v) is 2.38. The number of amides is 1. The van der Waals surface area contributed by atoms with Crippen molar-refractivity contribution < 1.29 is 28.6 Å². The highest BCUT2D eigenvalue weighted by molar-refractivity contribution is 5.92. The molecule has 0 aliphatic rings. The number of carbonyl (C=O) groups is 3. The zero-order valence-electron chi connectivity index (χ0n) is 16.1. The Morgan fingerprint density at radius 1 is 0.964 bits per heavy atom. The minimum atomic E-state index is -0.905. The molecule has 7 heteroatoms. The van der Waals surface area contributed by atoms with Crippen LogP contribution in [0.2, 0.25) is 0 Å². The lowest BCUT2D eigenvalue weighted by Gasteiger charge is -2.13. The Hall–Kier alpha value is -3.19. The number of benzene rings is 2. The Bertz CT molecular complexity index is 814. The van der Waals surface area contributed by atoms with E-state index in [0.29, 0.717) is 24.5 Å². The van der Waals surface area contributed by atoms with Crippen LogP contribution < -0.4 is 10.1 Å². The predicted molar refractivity (Wildman–Crippen MR) is 103 cm³/mol. The summed E-state index contributed by atoms with van der Waals surface area (Å²) in [5, 5.41) is 2.61. The zero-order valence-corrected chi connectivity index (χ0v) is 16.1. The number of nitrogens with one attached hydrogen (secondary N) is 1. The molecule has 0 unspecified atom stereocenters. The lowest BCUT2D eigenvalue weighted by atomic mass is 10.0. The molecule has 1 N–H and O–H groups in total. The lowest BCUT2D eigenvalue weighted by molar-refractivity contribution is -0.132. The van der Waals surface area contributed by atoms with Crippen molar-refractivity contribution in [1.82, 2.24) is 5.32 Å². The Kier molecular flexibility index (Phi) is 7.71. The van der Waals surface area contributed by atoms with Crippen molar-refractivity contribution in [3.05, 3.63) is 54.1 Å². The Labute approximate surface area is 163 Å². The maximum absolute atomic E-state index is 12.2. The van der Waals surface area contributed by atoms with E-state index < -0.39 is 12.1 Å². The number of ether oxygens (including phenoxy) is 3. The molecule has 0 fully saturated rings. The molecular weight excluding hydrogens is 362 g/mol. The number of methoxy groups -OCH3 is 1. The smallest absolute Gasteiger partial charge is 0.338 e. The van der Waals surface area contributed by atoms with Crippen LogP contribution in [0.15, 0.2) is 48.5 Å². The van der Waals surface area contributed by atoms with Crippen molar-refractivity contribution in [3.8, 4) is 16.9 Å². The molecule has 0 saturated carbocycles. The fourth-order valence-electron chi connectivity index (χ4n) is 2.38. The quantitative estimate of drug-likeness (QED) is 0.427. The van der Waals surface area contributed by atoms with Crippen molar-refractivity contribution >= 4 is 17.8 Å². The van der Waals surface area contributed by atoms with E-state index in [2.05, 4.69) is 5.32 Å². The van der Waals surface area contributed by atoms with Gasteiger partial charge in [0.05, 0.1) is 12.2 Å². The van der Waals surface area contributed by atoms with Crippen LogP contribution in [0.5, 0.6) is 5.75 Å². The monoisotopic (exact) mass is 385 g/mol. The van der Waals surface area contributed by atoms with Crippen LogP contribution in [-0.4, -0.2) is 44.2 Å². The number of carbonyl (C=O) groups excluding carboxylic acids is 3. The summed E-state index contributed by atoms with van der Waals surface area (Å²) in [6.07, 6.45) is -0.905. The van der Waals surface area contributed by atoms with Gasteiger partial charge in [0.1, 0.15) is 5.75 Å². The van der Waals surface area contributed by atoms with Gasteiger partial charge in [-0.15, -0.1) is 0 Å². The summed E-state index contributed by atoms with van der Waals surface area (Å²) in [4.78, 5) is 35.0. The molecule has 0 radical (unpaired) electrons. The highest BCUT2D eigenvalue weighted by Crippen LogP contribution is 2.23. The number of hydrogen-bond acceptors (Lipinski definition) is 6. The van der Waals surface area contributed by atoms with Crippen LogP contribution in [0.1, 0.15) is 24.2 Å². The van der Waals surface area contributed by atoms with Gasteiger partial charge in [-0.25, -0.2) is 4.79 Å². The summed E-state index contributed by atoms with van der Waals surface area (Å²) < 4.78 is 15.0. The normalized spacial score (nSPS) is 11.4. The van der Waals surface area contributed by atoms with E-state index in [1.54, 1.807) is 36.4 Å². The van der Waals surface area contributed by atoms with Crippen LogP contribution in [-0.2, 0) is 19.1 Å². The van der Waals surface area contributed by atoms with Gasteiger partial charge in [0, 0.05) is 20.6 Å². The van der Waals surface area contributed by atoms with Gasteiger partial charge in [0.2, 0.25) is 0 Å². The number of rotatable bonds is 8. The van der Waals surface area contributed by atoms with Gasteiger partial charge in [0.25, 0.3) is 5.91 Å². The van der Waals surface area contributed by atoms with Gasteiger partial charge in [-0.05, 0) is 42.3 Å². The second-order valence-electron chi connectivity index (χ2n) is 6.03. The first-order valence-corrected chi connectivity index (χ1v) is 8.77. The molecule has 0 heterocycles. The maximum Gasteiger partial charge on any atom is 0.338 e. The highest BCUT2D eigenvalue weighted by Gasteiger charge is 2.18. The van der Waals surface area contributed by atoms with E-state index in [1.165, 1.54) is 21.0 Å². The van der Waals surface area contributed by atoms with E-state index in [0.717, 1.165) is 11.1 Å². The topological polar surface area (TPSA) is 90.9 Å². The molecule has 2 rings (SSSR count). The molecule has 0 aliphatic carbocycles. The average molecular weight is 385 g/mol. The van der Waals surface area contributed by atoms with Crippen molar-refractivity contribution in [2.24, 2.45) is 0 Å². The number of esters is 2. The third kappa shape index (κ3) is 6.21. The average Bonchev–Trinajstić information content (AvgIpc) is 2.68. The second-order valence-corrected chi connectivity index (χ2v) is 6.03. The van der Waals surface area contributed by atoms with Gasteiger partial charge >= 0.3 is 11.9 Å². The molecule has 0 saturated heterocycles. The summed E-state index contributed by atoms with van der Waals surface area (Å²) in [5.41, 5.74) is 2.13. The first-order valence-electron chi connectivity index (χ1n) is 8.77. The van der Waals surface area contributed by atoms with Crippen LogP contribution in [0.4, 0.5) is 0 Å². The predicted octanol–water partition coefficient (Wildman–Crippen LogP) is 2.59. The highest BCUT2D eigenvalue weighted by atomic mass is 16.5. The first-order chi connectivity index (χ1) is 13.4. The summed E-state index contributed by atoms with van der Waals surface area (Å²) in [7, 11) is 1.54. The minimum Gasteiger partial charge on any atom is -0.449 e. The molecule has 0 spiro atoms. The van der Waals surface area contributed by atoms with E-state index in [-0.39, 0.29) is 11.9 Å². The summed E-state index contributed by atoms with van der Waals surface area (Å²) in [5.74, 6) is -0.868. The van der Waals surface area contributed by atoms with Gasteiger partial charge in [0.15, 0.2) is 6.10 Å². The standard InChI is InChI=1S/C21H23NO6/c1-14(20(24)22-12-13-26-3)27-21(25)18-6-4-16(5-7-18)17-8-10-19(11-9-17)28-15(2)23/h4-11,14H,12-13H2,1-3H3,(H,22,24)/t14-/m0/s1. The third-order valence-electron chi connectivity index (χ3n) is 3.83. The van der Waals surface area contributed by atoms with E-state index >= 15 is 0 Å². The van der Waals surface area contributed by atoms with Crippen LogP contribution >= 0.6 is 0 Å². The molecule has 2 aromatic carbocycles. The summed E-state index contributed by atoms with van der Waals surface area (Å²) in [6.45, 7) is 3.59. The zero-order chi connectivity index (χ0) is 20.5. The Morgan fingerprint density at radius 2 is 1.54 bits per heavy atom. The molecule has 1 amide bonds. The molecule has 0 bridgehead atoms. The van der Waals surface area contributed by atoms with E-state index in [1.807, 2.05) is 12.1 Å². The molecule has 0 aliphatic heterocycles. The molecule has 2 aromatic rings. The van der Waals surface area contributed by atoms with Crippen LogP contribution in [0, 0.1) is 0 Å². The first kappa shape index (κ1) is 21.1. The van der Waals surface area contributed by atoms with Crippen LogP contribution in [0.3, 0.4) is 0 Å². The third-order valence-corrected chi connectivity index (χ3v) is 3.83. The number of hydrogen-bond donors (Lipinski definition) is 1. The van der Waals surface area contributed by atoms with Crippen molar-refractivity contribution in [3.63, 3.8) is 0 Å². The molecule has 28 heavy (non-hydrogen) atoms. The maximum atomic E-state index is 12.2. The molecule has 1 atom stereocenters. The second kappa shape index (κ2) is 10.2. The molecular formula is C21H23NO6. The van der Waals surface area contributed by atoms with Crippen LogP contribution in [0.25, 0.3) is 11.1 Å². The minimum absolute atomic E-state index is 0.344. The van der Waals surface area contributed by atoms with Gasteiger partial charge < -0.3 is 19.5 Å². The fraction of sp³-hybridized carbons (Fsp3) is 0.286. The molecule has 0 aromatic heterocycles. The van der Waals surface area contributed by atoms with Gasteiger partial charge in [-0.1, -0.05) is 24.3 Å². The van der Waals surface area contributed by atoms with Gasteiger partial charge in [-0.2, -0.15) is 0 Å². The Balaban J connectivity index is 1.96. The molecule has 148 valence electrons. The molecule has 7 nitrogen and oxygen atoms in total. The largest absolute Gasteiger partial charge is 0.449 e. The van der Waals surface area contributed by atoms with E-state index in [9.17, 15) is 14.4 Å². The SMILES string of the molecule is COCCNC(=O)[C@H](C)OC(=O)c1ccc(-c2ccc(OC(C)=O)cc2)cc1. The van der Waals surface area contributed by atoms with Gasteiger partial charge in [-0.3, -0.25) is 9.59 Å².